The fourth-order valence-electron chi connectivity index (χ4n) is 1.36. The van der Waals surface area contributed by atoms with E-state index in [0.29, 0.717) is 0 Å². The summed E-state index contributed by atoms with van der Waals surface area (Å²) in [6, 6.07) is -1.17. The minimum atomic E-state index is -1.77. The van der Waals surface area contributed by atoms with E-state index in [-0.39, 0.29) is 19.3 Å². The smallest absolute Gasteiger partial charge is 0.303 e. The third kappa shape index (κ3) is 5.04. The third-order valence-corrected chi connectivity index (χ3v) is 2.67. The van der Waals surface area contributed by atoms with Crippen molar-refractivity contribution in [2.24, 2.45) is 11.5 Å². The topological polar surface area (TPSA) is 153 Å². The van der Waals surface area contributed by atoms with Gasteiger partial charge in [0.25, 0.3) is 0 Å². The van der Waals surface area contributed by atoms with E-state index in [0.717, 1.165) is 0 Å². The SMILES string of the molecule is CCC(=O)[C@@](C)(N)C(=O)N[C@H](CCC(=O)O)C(N)=O. The first-order chi connectivity index (χ1) is 8.62. The molecule has 0 rings (SSSR count). The number of carboxylic acids is 1. The molecule has 2 atom stereocenters. The van der Waals surface area contributed by atoms with Gasteiger partial charge < -0.3 is 21.9 Å². The van der Waals surface area contributed by atoms with E-state index in [2.05, 4.69) is 5.32 Å². The first-order valence-corrected chi connectivity index (χ1v) is 5.77. The van der Waals surface area contributed by atoms with E-state index in [1.54, 1.807) is 6.92 Å². The molecule has 0 aromatic rings. The lowest BCUT2D eigenvalue weighted by Crippen LogP contribution is -2.60. The number of nitrogens with two attached hydrogens (primary N) is 2. The van der Waals surface area contributed by atoms with Gasteiger partial charge in [-0.05, 0) is 13.3 Å². The summed E-state index contributed by atoms with van der Waals surface area (Å²) in [4.78, 5) is 44.8. The van der Waals surface area contributed by atoms with Crippen LogP contribution in [0.5, 0.6) is 0 Å². The molecule has 8 nitrogen and oxygen atoms in total. The predicted octanol–water partition coefficient (Wildman–Crippen LogP) is -1.48. The number of carbonyl (C=O) groups is 4. The molecule has 0 aromatic carbocycles. The molecule has 0 saturated heterocycles. The van der Waals surface area contributed by atoms with Crippen molar-refractivity contribution < 1.29 is 24.3 Å². The number of carbonyl (C=O) groups excluding carboxylic acids is 3. The molecule has 0 aliphatic heterocycles. The van der Waals surface area contributed by atoms with Crippen LogP contribution in [0.4, 0.5) is 0 Å². The van der Waals surface area contributed by atoms with Gasteiger partial charge in [0.2, 0.25) is 11.8 Å². The Morgan fingerprint density at radius 3 is 2.21 bits per heavy atom. The first kappa shape index (κ1) is 17.0. The highest BCUT2D eigenvalue weighted by Gasteiger charge is 2.37. The highest BCUT2D eigenvalue weighted by Crippen LogP contribution is 2.06. The number of primary amides is 1. The number of hydrogen-bond donors (Lipinski definition) is 4. The number of Topliss-reactive ketones (excluding diaryl/α,β-unsaturated/α-hetero) is 1. The Balaban J connectivity index is 4.76. The molecule has 19 heavy (non-hydrogen) atoms. The lowest BCUT2D eigenvalue weighted by molar-refractivity contribution is -0.139. The van der Waals surface area contributed by atoms with E-state index in [9.17, 15) is 19.2 Å². The van der Waals surface area contributed by atoms with E-state index in [1.165, 1.54) is 6.92 Å². The fraction of sp³-hybridized carbons (Fsp3) is 0.636. The van der Waals surface area contributed by atoms with E-state index < -0.39 is 35.1 Å². The fourth-order valence-corrected chi connectivity index (χ4v) is 1.36. The normalized spacial score (nSPS) is 15.1. The summed E-state index contributed by atoms with van der Waals surface area (Å²) in [5.41, 5.74) is 8.87. The molecule has 0 aliphatic rings. The molecule has 0 radical (unpaired) electrons. The Labute approximate surface area is 110 Å². The molecule has 0 aromatic heterocycles. The monoisotopic (exact) mass is 273 g/mol. The molecule has 0 bridgehead atoms. The average Bonchev–Trinajstić information content (AvgIpc) is 2.31. The average molecular weight is 273 g/mol. The zero-order valence-corrected chi connectivity index (χ0v) is 10.9. The summed E-state index contributed by atoms with van der Waals surface area (Å²) in [6.45, 7) is 2.78. The van der Waals surface area contributed by atoms with Crippen molar-refractivity contribution in [3.05, 3.63) is 0 Å². The molecule has 0 spiro atoms. The van der Waals surface area contributed by atoms with Crippen LogP contribution in [-0.2, 0) is 19.2 Å². The molecular weight excluding hydrogens is 254 g/mol. The van der Waals surface area contributed by atoms with Gasteiger partial charge in [0.15, 0.2) is 11.3 Å². The summed E-state index contributed by atoms with van der Waals surface area (Å²) in [6.07, 6.45) is -0.430. The maximum Gasteiger partial charge on any atom is 0.303 e. The summed E-state index contributed by atoms with van der Waals surface area (Å²) >= 11 is 0. The van der Waals surface area contributed by atoms with Gasteiger partial charge in [0, 0.05) is 12.8 Å². The first-order valence-electron chi connectivity index (χ1n) is 5.77. The highest BCUT2D eigenvalue weighted by atomic mass is 16.4. The summed E-state index contributed by atoms with van der Waals surface area (Å²) in [5.74, 6) is -3.35. The molecule has 0 unspecified atom stereocenters. The van der Waals surface area contributed by atoms with Crippen molar-refractivity contribution in [3.8, 4) is 0 Å². The molecule has 108 valence electrons. The Bertz CT molecular complexity index is 392. The predicted molar refractivity (Wildman–Crippen MR) is 65.9 cm³/mol. The molecule has 0 fully saturated rings. The number of nitrogens with one attached hydrogen (secondary N) is 1. The van der Waals surface area contributed by atoms with Crippen molar-refractivity contribution in [1.82, 2.24) is 5.32 Å². The van der Waals surface area contributed by atoms with Gasteiger partial charge in [0.05, 0.1) is 0 Å². The number of amides is 2. The van der Waals surface area contributed by atoms with Gasteiger partial charge in [-0.1, -0.05) is 6.92 Å². The second-order valence-electron chi connectivity index (χ2n) is 4.34. The van der Waals surface area contributed by atoms with Gasteiger partial charge in [-0.3, -0.25) is 19.2 Å². The lowest BCUT2D eigenvalue weighted by atomic mass is 9.94. The second-order valence-corrected chi connectivity index (χ2v) is 4.34. The van der Waals surface area contributed by atoms with Crippen LogP contribution >= 0.6 is 0 Å². The van der Waals surface area contributed by atoms with Crippen LogP contribution in [0.15, 0.2) is 0 Å². The molecule has 8 heteroatoms. The van der Waals surface area contributed by atoms with Crippen LogP contribution in [0.3, 0.4) is 0 Å². The van der Waals surface area contributed by atoms with E-state index in [1.807, 2.05) is 0 Å². The molecular formula is C11H19N3O5. The summed E-state index contributed by atoms with van der Waals surface area (Å²) < 4.78 is 0. The van der Waals surface area contributed by atoms with Crippen molar-refractivity contribution in [3.63, 3.8) is 0 Å². The summed E-state index contributed by atoms with van der Waals surface area (Å²) in [7, 11) is 0. The number of ketones is 1. The molecule has 0 saturated carbocycles. The van der Waals surface area contributed by atoms with Gasteiger partial charge in [-0.15, -0.1) is 0 Å². The zero-order chi connectivity index (χ0) is 15.2. The maximum absolute atomic E-state index is 11.8. The Morgan fingerprint density at radius 2 is 1.84 bits per heavy atom. The van der Waals surface area contributed by atoms with E-state index >= 15 is 0 Å². The maximum atomic E-state index is 11.8. The van der Waals surface area contributed by atoms with Gasteiger partial charge in [-0.2, -0.15) is 0 Å². The number of rotatable bonds is 8. The minimum Gasteiger partial charge on any atom is -0.481 e. The van der Waals surface area contributed by atoms with Crippen LogP contribution in [0.1, 0.15) is 33.1 Å². The van der Waals surface area contributed by atoms with Crippen LogP contribution in [-0.4, -0.2) is 40.3 Å². The van der Waals surface area contributed by atoms with Crippen molar-refractivity contribution >= 4 is 23.6 Å². The van der Waals surface area contributed by atoms with Gasteiger partial charge >= 0.3 is 5.97 Å². The van der Waals surface area contributed by atoms with Gasteiger partial charge in [-0.25, -0.2) is 0 Å². The van der Waals surface area contributed by atoms with Crippen LogP contribution in [0, 0.1) is 0 Å². The number of carboxylic acid groups (broad SMARTS) is 1. The Morgan fingerprint density at radius 1 is 1.32 bits per heavy atom. The van der Waals surface area contributed by atoms with Crippen LogP contribution in [0.2, 0.25) is 0 Å². The molecule has 2 amide bonds. The van der Waals surface area contributed by atoms with Crippen molar-refractivity contribution in [2.75, 3.05) is 0 Å². The Hall–Kier alpha value is -1.96. The zero-order valence-electron chi connectivity index (χ0n) is 10.9. The highest BCUT2D eigenvalue weighted by molar-refractivity contribution is 6.10. The van der Waals surface area contributed by atoms with Crippen molar-refractivity contribution in [2.45, 2.75) is 44.7 Å². The van der Waals surface area contributed by atoms with Crippen LogP contribution < -0.4 is 16.8 Å². The quantitative estimate of drug-likeness (QED) is 0.395. The van der Waals surface area contributed by atoms with Crippen molar-refractivity contribution in [1.29, 1.82) is 0 Å². The third-order valence-electron chi connectivity index (χ3n) is 2.67. The molecule has 0 aliphatic carbocycles. The largest absolute Gasteiger partial charge is 0.481 e. The minimum absolute atomic E-state index is 0.0663. The molecule has 6 N–H and O–H groups in total. The Kier molecular flexibility index (Phi) is 6.13. The standard InChI is InChI=1S/C11H19N3O5/c1-3-7(15)11(2,13)10(19)14-6(9(12)18)4-5-8(16)17/h6H,3-5,13H2,1-2H3,(H2,12,18)(H,14,19)(H,16,17)/t6-,11-/m1/s1. The number of aliphatic carboxylic acids is 1. The van der Waals surface area contributed by atoms with E-state index in [4.69, 9.17) is 16.6 Å². The molecule has 0 heterocycles. The number of hydrogen-bond acceptors (Lipinski definition) is 5. The summed E-state index contributed by atoms with van der Waals surface area (Å²) in [5, 5.41) is 10.7. The lowest BCUT2D eigenvalue weighted by Gasteiger charge is -2.24. The van der Waals surface area contributed by atoms with Gasteiger partial charge in [0.1, 0.15) is 6.04 Å². The van der Waals surface area contributed by atoms with Crippen LogP contribution in [0.25, 0.3) is 0 Å². The second kappa shape index (κ2) is 6.83.